The van der Waals surface area contributed by atoms with Crippen molar-refractivity contribution in [1.82, 2.24) is 0 Å². The molecule has 5 nitrogen and oxygen atoms in total. The summed E-state index contributed by atoms with van der Waals surface area (Å²) in [5.74, 6) is -3.28. The molecule has 0 rings (SSSR count). The number of carbonyl (C=O) groups excluding carboxylic acids is 2. The van der Waals surface area contributed by atoms with E-state index in [4.69, 9.17) is 14.7 Å². The summed E-state index contributed by atoms with van der Waals surface area (Å²) >= 11 is 0. The highest BCUT2D eigenvalue weighted by Gasteiger charge is 2.32. The first-order valence-corrected chi connectivity index (χ1v) is 4.92. The molecule has 0 N–H and O–H groups in total. The highest BCUT2D eigenvalue weighted by atomic mass is 16.5. The van der Waals surface area contributed by atoms with E-state index < -0.39 is 23.8 Å². The number of hydrogen-bond acceptors (Lipinski definition) is 5. The molecule has 2 unspecified atom stereocenters. The van der Waals surface area contributed by atoms with Crippen LogP contribution in [0.4, 0.5) is 0 Å². The van der Waals surface area contributed by atoms with E-state index in [0.717, 1.165) is 0 Å². The van der Waals surface area contributed by atoms with E-state index in [9.17, 15) is 9.59 Å². The summed E-state index contributed by atoms with van der Waals surface area (Å²) in [6, 6.07) is 1.74. The highest BCUT2D eigenvalue weighted by molar-refractivity contribution is 5.83. The fourth-order valence-electron chi connectivity index (χ4n) is 1.01. The first kappa shape index (κ1) is 14.2. The molecular weight excluding hydrogens is 210 g/mol. The van der Waals surface area contributed by atoms with Gasteiger partial charge in [-0.05, 0) is 6.92 Å². The van der Waals surface area contributed by atoms with E-state index >= 15 is 0 Å². The van der Waals surface area contributed by atoms with Gasteiger partial charge in [0.05, 0.1) is 18.6 Å². The highest BCUT2D eigenvalue weighted by Crippen LogP contribution is 2.14. The van der Waals surface area contributed by atoms with Gasteiger partial charge in [-0.2, -0.15) is 5.26 Å². The zero-order valence-corrected chi connectivity index (χ0v) is 9.43. The number of rotatable bonds is 6. The van der Waals surface area contributed by atoms with E-state index in [1.165, 1.54) is 13.0 Å². The van der Waals surface area contributed by atoms with Crippen molar-refractivity contribution in [3.8, 4) is 6.07 Å². The molecule has 88 valence electrons. The number of nitrogens with zero attached hydrogens (tertiary/aromatic N) is 1. The molecule has 0 radical (unpaired) electrons. The minimum atomic E-state index is -1.14. The van der Waals surface area contributed by atoms with E-state index in [-0.39, 0.29) is 13.2 Å². The minimum absolute atomic E-state index is 0.0204. The Morgan fingerprint density at radius 2 is 2.06 bits per heavy atom. The Bertz CT molecular complexity index is 306. The van der Waals surface area contributed by atoms with Crippen molar-refractivity contribution < 1.29 is 19.1 Å². The molecule has 0 aromatic carbocycles. The second-order valence-electron chi connectivity index (χ2n) is 3.07. The van der Waals surface area contributed by atoms with Crippen molar-refractivity contribution >= 4 is 11.9 Å². The van der Waals surface area contributed by atoms with Crippen LogP contribution in [-0.4, -0.2) is 25.2 Å². The van der Waals surface area contributed by atoms with Crippen LogP contribution in [-0.2, 0) is 19.1 Å². The number of carbonyl (C=O) groups is 2. The van der Waals surface area contributed by atoms with Gasteiger partial charge >= 0.3 is 11.9 Å². The van der Waals surface area contributed by atoms with E-state index in [0.29, 0.717) is 0 Å². The maximum Gasteiger partial charge on any atom is 0.324 e. The van der Waals surface area contributed by atoms with Gasteiger partial charge in [-0.25, -0.2) is 0 Å². The average molecular weight is 225 g/mol. The lowest BCUT2D eigenvalue weighted by molar-refractivity contribution is -0.156. The first-order valence-electron chi connectivity index (χ1n) is 4.92. The van der Waals surface area contributed by atoms with Crippen LogP contribution in [0.3, 0.4) is 0 Å². The molecule has 2 atom stereocenters. The van der Waals surface area contributed by atoms with Gasteiger partial charge in [-0.3, -0.25) is 9.59 Å². The van der Waals surface area contributed by atoms with Crippen molar-refractivity contribution in [3.05, 3.63) is 12.7 Å². The normalized spacial score (nSPS) is 13.1. The standard InChI is InChI=1S/C11H15NO4/c1-4-6-16-11(14)9(7-12)8(3)10(13)15-5-2/h4,8-9H,1,5-6H2,2-3H3. The molecule has 5 heteroatoms. The molecule has 0 aromatic rings. The third kappa shape index (κ3) is 4.13. The third-order valence-corrected chi connectivity index (χ3v) is 1.89. The van der Waals surface area contributed by atoms with Crippen LogP contribution in [0.2, 0.25) is 0 Å². The van der Waals surface area contributed by atoms with Crippen LogP contribution in [0.15, 0.2) is 12.7 Å². The summed E-state index contributed by atoms with van der Waals surface area (Å²) in [6.07, 6.45) is 1.39. The molecule has 0 aliphatic rings. The summed E-state index contributed by atoms with van der Waals surface area (Å²) in [5.41, 5.74) is 0. The Hall–Kier alpha value is -1.83. The summed E-state index contributed by atoms with van der Waals surface area (Å²) < 4.78 is 9.43. The predicted octanol–water partition coefficient (Wildman–Crippen LogP) is 1.05. The molecule has 0 aromatic heterocycles. The van der Waals surface area contributed by atoms with Crippen LogP contribution < -0.4 is 0 Å². The Kier molecular flexibility index (Phi) is 6.61. The zero-order chi connectivity index (χ0) is 12.6. The fraction of sp³-hybridized carbons (Fsp3) is 0.545. The van der Waals surface area contributed by atoms with Crippen LogP contribution in [0.5, 0.6) is 0 Å². The van der Waals surface area contributed by atoms with E-state index in [2.05, 4.69) is 6.58 Å². The summed E-state index contributed by atoms with van der Waals surface area (Å²) in [5, 5.41) is 8.80. The van der Waals surface area contributed by atoms with Crippen molar-refractivity contribution in [1.29, 1.82) is 5.26 Å². The fourth-order valence-corrected chi connectivity index (χ4v) is 1.01. The second kappa shape index (κ2) is 7.46. The monoisotopic (exact) mass is 225 g/mol. The van der Waals surface area contributed by atoms with Gasteiger partial charge in [0, 0.05) is 0 Å². The molecule has 0 amide bonds. The topological polar surface area (TPSA) is 76.4 Å². The van der Waals surface area contributed by atoms with E-state index in [1.807, 2.05) is 0 Å². The number of ether oxygens (including phenoxy) is 2. The quantitative estimate of drug-likeness (QED) is 0.499. The summed E-state index contributed by atoms with van der Waals surface area (Å²) in [7, 11) is 0. The maximum absolute atomic E-state index is 11.4. The van der Waals surface area contributed by atoms with Gasteiger partial charge in [0.1, 0.15) is 6.61 Å². The maximum atomic E-state index is 11.4. The largest absolute Gasteiger partial charge is 0.466 e. The van der Waals surface area contributed by atoms with Gasteiger partial charge < -0.3 is 9.47 Å². The number of hydrogen-bond donors (Lipinski definition) is 0. The lowest BCUT2D eigenvalue weighted by atomic mass is 9.96. The third-order valence-electron chi connectivity index (χ3n) is 1.89. The minimum Gasteiger partial charge on any atom is -0.466 e. The zero-order valence-electron chi connectivity index (χ0n) is 9.43. The van der Waals surface area contributed by atoms with Gasteiger partial charge in [-0.15, -0.1) is 0 Å². The van der Waals surface area contributed by atoms with Gasteiger partial charge in [0.2, 0.25) is 0 Å². The number of nitriles is 1. The number of esters is 2. The molecule has 0 saturated carbocycles. The molecule has 0 aliphatic carbocycles. The smallest absolute Gasteiger partial charge is 0.324 e. The average Bonchev–Trinajstić information content (AvgIpc) is 2.27. The Morgan fingerprint density at radius 1 is 1.44 bits per heavy atom. The molecule has 0 saturated heterocycles. The lowest BCUT2D eigenvalue weighted by Crippen LogP contribution is -2.29. The van der Waals surface area contributed by atoms with Gasteiger partial charge in [0.15, 0.2) is 5.92 Å². The predicted molar refractivity (Wildman–Crippen MR) is 56.1 cm³/mol. The molecule has 0 spiro atoms. The van der Waals surface area contributed by atoms with Crippen molar-refractivity contribution in [3.63, 3.8) is 0 Å². The Labute approximate surface area is 94.6 Å². The summed E-state index contributed by atoms with van der Waals surface area (Å²) in [4.78, 5) is 22.7. The Morgan fingerprint density at radius 3 is 2.50 bits per heavy atom. The molecule has 0 fully saturated rings. The van der Waals surface area contributed by atoms with Crippen LogP contribution in [0.1, 0.15) is 13.8 Å². The molecule has 0 heterocycles. The van der Waals surface area contributed by atoms with Crippen molar-refractivity contribution in [2.24, 2.45) is 11.8 Å². The van der Waals surface area contributed by atoms with Gasteiger partial charge in [0.25, 0.3) is 0 Å². The SMILES string of the molecule is C=CCOC(=O)C(C#N)C(C)C(=O)OCC. The molecule has 0 bridgehead atoms. The van der Waals surface area contributed by atoms with E-state index in [1.54, 1.807) is 13.0 Å². The van der Waals surface area contributed by atoms with Crippen LogP contribution in [0, 0.1) is 23.2 Å². The second-order valence-corrected chi connectivity index (χ2v) is 3.07. The Balaban J connectivity index is 4.48. The van der Waals surface area contributed by atoms with Crippen LogP contribution in [0.25, 0.3) is 0 Å². The van der Waals surface area contributed by atoms with Gasteiger partial charge in [-0.1, -0.05) is 19.6 Å². The molecular formula is C11H15NO4. The van der Waals surface area contributed by atoms with Crippen LogP contribution >= 0.6 is 0 Å². The van der Waals surface area contributed by atoms with Crippen molar-refractivity contribution in [2.45, 2.75) is 13.8 Å². The lowest BCUT2D eigenvalue weighted by Gasteiger charge is -2.14. The molecule has 0 aliphatic heterocycles. The summed E-state index contributed by atoms with van der Waals surface area (Å²) in [6.45, 7) is 6.72. The molecule has 16 heavy (non-hydrogen) atoms. The first-order chi connectivity index (χ1) is 7.58. The van der Waals surface area contributed by atoms with Crippen molar-refractivity contribution in [2.75, 3.05) is 13.2 Å².